The highest BCUT2D eigenvalue weighted by atomic mass is 16.6. The number of aliphatic hydroxyl groups excluding tert-OH is 1. The van der Waals surface area contributed by atoms with Gasteiger partial charge in [0.1, 0.15) is 0 Å². The average Bonchev–Trinajstić information content (AvgIpc) is 2.36. The summed E-state index contributed by atoms with van der Waals surface area (Å²) in [5.74, 6) is -0.0652. The number of nitrogens with zero attached hydrogens (tertiary/aromatic N) is 2. The molecule has 0 radical (unpaired) electrons. The predicted molar refractivity (Wildman–Crippen MR) is 68.5 cm³/mol. The molecule has 2 unspecified atom stereocenters. The van der Waals surface area contributed by atoms with Crippen LogP contribution in [0.2, 0.25) is 0 Å². The van der Waals surface area contributed by atoms with Gasteiger partial charge in [-0.2, -0.15) is 0 Å². The quantitative estimate of drug-likeness (QED) is 0.667. The molecule has 2 rings (SSSR count). The molecule has 0 fully saturated rings. The number of nitro groups is 1. The van der Waals surface area contributed by atoms with Gasteiger partial charge in [-0.1, -0.05) is 13.0 Å². The number of aromatic nitrogens is 1. The average molecular weight is 246 g/mol. The Morgan fingerprint density at radius 3 is 2.61 bits per heavy atom. The lowest BCUT2D eigenvalue weighted by Gasteiger charge is -2.14. The van der Waals surface area contributed by atoms with Crippen molar-refractivity contribution < 1.29 is 10.0 Å². The lowest BCUT2D eigenvalue weighted by Crippen LogP contribution is -2.12. The highest BCUT2D eigenvalue weighted by Crippen LogP contribution is 2.23. The van der Waals surface area contributed by atoms with Gasteiger partial charge in [0, 0.05) is 29.1 Å². The van der Waals surface area contributed by atoms with Gasteiger partial charge in [-0.25, -0.2) is 0 Å². The smallest absolute Gasteiger partial charge is 0.270 e. The lowest BCUT2D eigenvalue weighted by molar-refractivity contribution is -0.384. The first-order valence-electron chi connectivity index (χ1n) is 5.72. The van der Waals surface area contributed by atoms with E-state index in [0.717, 1.165) is 11.1 Å². The van der Waals surface area contributed by atoms with Crippen LogP contribution >= 0.6 is 0 Å². The molecule has 0 saturated heterocycles. The molecule has 18 heavy (non-hydrogen) atoms. The summed E-state index contributed by atoms with van der Waals surface area (Å²) in [7, 11) is 0. The zero-order chi connectivity index (χ0) is 13.3. The summed E-state index contributed by atoms with van der Waals surface area (Å²) >= 11 is 0. The predicted octanol–water partition coefficient (Wildman–Crippen LogP) is 2.63. The van der Waals surface area contributed by atoms with Gasteiger partial charge in [-0.3, -0.25) is 15.1 Å². The lowest BCUT2D eigenvalue weighted by atomic mass is 10.0. The van der Waals surface area contributed by atoms with Crippen LogP contribution in [0.5, 0.6) is 0 Å². The molecule has 2 atom stereocenters. The summed E-state index contributed by atoms with van der Waals surface area (Å²) in [4.78, 5) is 14.7. The number of aliphatic hydroxyl groups is 1. The van der Waals surface area contributed by atoms with Gasteiger partial charge in [-0.05, 0) is 19.1 Å². The van der Waals surface area contributed by atoms with E-state index in [1.54, 1.807) is 25.1 Å². The summed E-state index contributed by atoms with van der Waals surface area (Å²) in [5.41, 5.74) is 1.54. The molecule has 0 aliphatic heterocycles. The van der Waals surface area contributed by atoms with Gasteiger partial charge in [-0.15, -0.1) is 0 Å². The van der Waals surface area contributed by atoms with Crippen LogP contribution in [0.15, 0.2) is 30.3 Å². The summed E-state index contributed by atoms with van der Waals surface area (Å²) in [6.07, 6.45) is -0.479. The molecule has 1 aromatic heterocycles. The van der Waals surface area contributed by atoms with Gasteiger partial charge >= 0.3 is 0 Å². The molecule has 1 aromatic carbocycles. The van der Waals surface area contributed by atoms with Gasteiger partial charge in [0.15, 0.2) is 0 Å². The first-order valence-corrected chi connectivity index (χ1v) is 5.72. The summed E-state index contributed by atoms with van der Waals surface area (Å²) in [5, 5.41) is 20.9. The van der Waals surface area contributed by atoms with Crippen molar-refractivity contribution >= 4 is 16.6 Å². The largest absolute Gasteiger partial charge is 0.393 e. The van der Waals surface area contributed by atoms with Gasteiger partial charge in [0.2, 0.25) is 0 Å². The van der Waals surface area contributed by atoms with Crippen LogP contribution in [0, 0.1) is 10.1 Å². The number of fused-ring (bicyclic) bond motifs is 1. The van der Waals surface area contributed by atoms with Crippen LogP contribution in [0.4, 0.5) is 5.69 Å². The third-order valence-corrected chi connectivity index (χ3v) is 3.10. The monoisotopic (exact) mass is 246 g/mol. The topological polar surface area (TPSA) is 76.3 Å². The molecule has 0 saturated carbocycles. The number of non-ortho nitro benzene ring substituents is 1. The van der Waals surface area contributed by atoms with E-state index in [2.05, 4.69) is 4.98 Å². The molecule has 1 N–H and O–H groups in total. The Morgan fingerprint density at radius 2 is 2.00 bits per heavy atom. The number of rotatable bonds is 3. The molecule has 0 aliphatic carbocycles. The summed E-state index contributed by atoms with van der Waals surface area (Å²) < 4.78 is 0. The number of nitro benzene ring substituents is 1. The van der Waals surface area contributed by atoms with Crippen LogP contribution in [-0.4, -0.2) is 21.1 Å². The highest BCUT2D eigenvalue weighted by molar-refractivity contribution is 5.81. The number of pyridine rings is 1. The third kappa shape index (κ3) is 2.31. The van der Waals surface area contributed by atoms with E-state index in [1.165, 1.54) is 12.1 Å². The van der Waals surface area contributed by atoms with Gasteiger partial charge in [0.25, 0.3) is 5.69 Å². The van der Waals surface area contributed by atoms with Gasteiger partial charge < -0.3 is 5.11 Å². The molecule has 2 aromatic rings. The van der Waals surface area contributed by atoms with E-state index in [1.807, 2.05) is 6.92 Å². The van der Waals surface area contributed by atoms with Crippen molar-refractivity contribution in [2.45, 2.75) is 25.9 Å². The summed E-state index contributed by atoms with van der Waals surface area (Å²) in [6.45, 7) is 3.61. The van der Waals surface area contributed by atoms with Crippen molar-refractivity contribution in [2.24, 2.45) is 0 Å². The van der Waals surface area contributed by atoms with Gasteiger partial charge in [0.05, 0.1) is 16.5 Å². The normalized spacial score (nSPS) is 14.4. The van der Waals surface area contributed by atoms with Crippen LogP contribution in [0.3, 0.4) is 0 Å². The fourth-order valence-corrected chi connectivity index (χ4v) is 1.74. The van der Waals surface area contributed by atoms with Crippen molar-refractivity contribution in [1.29, 1.82) is 0 Å². The first-order chi connectivity index (χ1) is 8.49. The Labute approximate surface area is 104 Å². The van der Waals surface area contributed by atoms with E-state index < -0.39 is 11.0 Å². The van der Waals surface area contributed by atoms with E-state index in [0.29, 0.717) is 5.52 Å². The molecule has 5 nitrogen and oxygen atoms in total. The number of benzene rings is 1. The molecule has 1 heterocycles. The Hall–Kier alpha value is -2.01. The van der Waals surface area contributed by atoms with E-state index in [4.69, 9.17) is 0 Å². The van der Waals surface area contributed by atoms with E-state index in [9.17, 15) is 15.2 Å². The second-order valence-corrected chi connectivity index (χ2v) is 4.40. The molecule has 0 spiro atoms. The minimum atomic E-state index is -0.479. The van der Waals surface area contributed by atoms with Crippen LogP contribution in [0.1, 0.15) is 25.5 Å². The first kappa shape index (κ1) is 12.4. The zero-order valence-corrected chi connectivity index (χ0v) is 10.2. The fraction of sp³-hybridized carbons (Fsp3) is 0.308. The SMILES string of the molecule is CC(O)C(C)c1ccc2cc([N+](=O)[O-])ccc2n1. The number of hydrogen-bond acceptors (Lipinski definition) is 4. The van der Waals surface area contributed by atoms with Crippen LogP contribution in [-0.2, 0) is 0 Å². The zero-order valence-electron chi connectivity index (χ0n) is 10.2. The molecular formula is C13H14N2O3. The van der Waals surface area contributed by atoms with Crippen molar-refractivity contribution in [1.82, 2.24) is 4.98 Å². The Bertz CT molecular complexity index is 596. The molecule has 94 valence electrons. The minimum absolute atomic E-state index is 0.0561. The Kier molecular flexibility index (Phi) is 3.25. The molecule has 0 bridgehead atoms. The summed E-state index contributed by atoms with van der Waals surface area (Å²) in [6, 6.07) is 8.16. The second-order valence-electron chi connectivity index (χ2n) is 4.40. The third-order valence-electron chi connectivity index (χ3n) is 3.10. The fourth-order valence-electron chi connectivity index (χ4n) is 1.74. The van der Waals surface area contributed by atoms with Crippen molar-refractivity contribution in [3.05, 3.63) is 46.1 Å². The molecule has 0 amide bonds. The number of hydrogen-bond donors (Lipinski definition) is 1. The van der Waals surface area contributed by atoms with Crippen LogP contribution < -0.4 is 0 Å². The van der Waals surface area contributed by atoms with Crippen molar-refractivity contribution in [2.75, 3.05) is 0 Å². The molecular weight excluding hydrogens is 232 g/mol. The maximum atomic E-state index is 10.7. The van der Waals surface area contributed by atoms with E-state index >= 15 is 0 Å². The van der Waals surface area contributed by atoms with Crippen LogP contribution in [0.25, 0.3) is 10.9 Å². The molecule has 0 aliphatic rings. The van der Waals surface area contributed by atoms with Crippen molar-refractivity contribution in [3.8, 4) is 0 Å². The van der Waals surface area contributed by atoms with Crippen molar-refractivity contribution in [3.63, 3.8) is 0 Å². The highest BCUT2D eigenvalue weighted by Gasteiger charge is 2.14. The standard InChI is InChI=1S/C13H14N2O3/c1-8(9(2)16)12-5-3-10-7-11(15(17)18)4-6-13(10)14-12/h3-9,16H,1-2H3. The Balaban J connectivity index is 2.47. The maximum Gasteiger partial charge on any atom is 0.270 e. The maximum absolute atomic E-state index is 10.7. The minimum Gasteiger partial charge on any atom is -0.393 e. The Morgan fingerprint density at radius 1 is 1.28 bits per heavy atom. The van der Waals surface area contributed by atoms with E-state index in [-0.39, 0.29) is 11.6 Å². The molecule has 5 heteroatoms. The second kappa shape index (κ2) is 4.70.